The minimum Gasteiger partial charge on any atom is -0.480 e. The van der Waals surface area contributed by atoms with E-state index in [1.165, 1.54) is 19.1 Å². The van der Waals surface area contributed by atoms with Crippen molar-refractivity contribution in [3.8, 4) is 0 Å². The van der Waals surface area contributed by atoms with Crippen molar-refractivity contribution < 1.29 is 19.4 Å². The number of likely N-dealkylation sites (N-methyl/N-ethyl adjacent to an activating group) is 1. The number of ether oxygens (including phenoxy) is 1. The van der Waals surface area contributed by atoms with Crippen molar-refractivity contribution in [1.29, 1.82) is 0 Å². The van der Waals surface area contributed by atoms with Gasteiger partial charge in [0.05, 0.1) is 13.0 Å². The largest absolute Gasteiger partial charge is 0.480 e. The van der Waals surface area contributed by atoms with E-state index in [1.54, 1.807) is 0 Å². The molecule has 0 bridgehead atoms. The third-order valence-electron chi connectivity index (χ3n) is 2.94. The van der Waals surface area contributed by atoms with E-state index in [-0.39, 0.29) is 12.3 Å². The van der Waals surface area contributed by atoms with Gasteiger partial charge < -0.3 is 14.7 Å². The summed E-state index contributed by atoms with van der Waals surface area (Å²) in [5, 5.41) is 9.25. The van der Waals surface area contributed by atoms with Crippen molar-refractivity contribution in [2.75, 3.05) is 20.8 Å². The number of methoxy groups -OCH3 is 1. The first-order valence-electron chi connectivity index (χ1n) is 6.07. The van der Waals surface area contributed by atoms with E-state index in [0.29, 0.717) is 13.0 Å². The Hall–Kier alpha value is -1.88. The molecule has 1 amide bonds. The second-order valence-electron chi connectivity index (χ2n) is 4.29. The zero-order valence-electron chi connectivity index (χ0n) is 11.2. The second kappa shape index (κ2) is 7.53. The van der Waals surface area contributed by atoms with Gasteiger partial charge in [-0.1, -0.05) is 30.3 Å². The van der Waals surface area contributed by atoms with Crippen LogP contribution in [0.4, 0.5) is 0 Å². The highest BCUT2D eigenvalue weighted by Gasteiger charge is 2.26. The molecule has 0 aliphatic carbocycles. The molecule has 19 heavy (non-hydrogen) atoms. The Bertz CT molecular complexity index is 419. The van der Waals surface area contributed by atoms with Gasteiger partial charge in [-0.25, -0.2) is 4.79 Å². The summed E-state index contributed by atoms with van der Waals surface area (Å²) in [7, 11) is 3.02. The summed E-state index contributed by atoms with van der Waals surface area (Å²) < 4.78 is 4.83. The molecule has 0 fully saturated rings. The van der Waals surface area contributed by atoms with Crippen LogP contribution in [0.2, 0.25) is 0 Å². The number of aliphatic carboxylic acids is 1. The molecule has 1 aromatic rings. The van der Waals surface area contributed by atoms with Crippen molar-refractivity contribution in [2.24, 2.45) is 0 Å². The lowest BCUT2D eigenvalue weighted by Crippen LogP contribution is -2.44. The van der Waals surface area contributed by atoms with Crippen molar-refractivity contribution in [2.45, 2.75) is 18.9 Å². The number of hydrogen-bond acceptors (Lipinski definition) is 3. The number of carboxylic acid groups (broad SMARTS) is 1. The normalized spacial score (nSPS) is 11.9. The highest BCUT2D eigenvalue weighted by molar-refractivity contribution is 5.83. The number of amides is 1. The number of nitrogens with zero attached hydrogens (tertiary/aromatic N) is 1. The lowest BCUT2D eigenvalue weighted by Gasteiger charge is -2.25. The van der Waals surface area contributed by atoms with E-state index < -0.39 is 12.0 Å². The Morgan fingerprint density at radius 2 is 1.95 bits per heavy atom. The standard InChI is InChI=1S/C14H19NO4/c1-15(13(16)8-9-19-2)12(14(17)18)10-11-6-4-3-5-7-11/h3-7,12H,8-10H2,1-2H3,(H,17,18). The lowest BCUT2D eigenvalue weighted by molar-refractivity contribution is -0.149. The van der Waals surface area contributed by atoms with Crippen molar-refractivity contribution in [1.82, 2.24) is 4.90 Å². The van der Waals surface area contributed by atoms with Gasteiger partial charge in [0, 0.05) is 20.6 Å². The van der Waals surface area contributed by atoms with Crippen LogP contribution in [0.25, 0.3) is 0 Å². The fourth-order valence-electron chi connectivity index (χ4n) is 1.77. The molecular formula is C14H19NO4. The van der Waals surface area contributed by atoms with E-state index >= 15 is 0 Å². The summed E-state index contributed by atoms with van der Waals surface area (Å²) in [5.41, 5.74) is 0.890. The molecule has 1 N–H and O–H groups in total. The van der Waals surface area contributed by atoms with Crippen LogP contribution in [0.5, 0.6) is 0 Å². The number of benzene rings is 1. The van der Waals surface area contributed by atoms with Gasteiger partial charge in [-0.05, 0) is 5.56 Å². The number of carbonyl (C=O) groups is 2. The molecule has 0 heterocycles. The molecule has 0 saturated carbocycles. The fourth-order valence-corrected chi connectivity index (χ4v) is 1.77. The Morgan fingerprint density at radius 3 is 2.47 bits per heavy atom. The average Bonchev–Trinajstić information content (AvgIpc) is 2.42. The molecule has 5 nitrogen and oxygen atoms in total. The molecule has 0 saturated heterocycles. The third-order valence-corrected chi connectivity index (χ3v) is 2.94. The topological polar surface area (TPSA) is 66.8 Å². The Kier molecular flexibility index (Phi) is 6.02. The van der Waals surface area contributed by atoms with Crippen molar-refractivity contribution >= 4 is 11.9 Å². The predicted octanol–water partition coefficient (Wildman–Crippen LogP) is 1.18. The van der Waals surface area contributed by atoms with Crippen LogP contribution in [0.3, 0.4) is 0 Å². The molecule has 104 valence electrons. The molecule has 0 aliphatic heterocycles. The Balaban J connectivity index is 2.72. The van der Waals surface area contributed by atoms with Crippen LogP contribution in [-0.2, 0) is 20.7 Å². The highest BCUT2D eigenvalue weighted by Crippen LogP contribution is 2.09. The first-order chi connectivity index (χ1) is 9.06. The van der Waals surface area contributed by atoms with Gasteiger partial charge in [0.25, 0.3) is 0 Å². The van der Waals surface area contributed by atoms with Gasteiger partial charge in [-0.15, -0.1) is 0 Å². The van der Waals surface area contributed by atoms with Crippen LogP contribution < -0.4 is 0 Å². The maximum absolute atomic E-state index is 11.8. The van der Waals surface area contributed by atoms with Crippen molar-refractivity contribution in [3.63, 3.8) is 0 Å². The third kappa shape index (κ3) is 4.71. The zero-order valence-corrected chi connectivity index (χ0v) is 11.2. The molecule has 1 atom stereocenters. The quantitative estimate of drug-likeness (QED) is 0.804. The van der Waals surface area contributed by atoms with E-state index in [1.807, 2.05) is 30.3 Å². The molecule has 5 heteroatoms. The molecule has 0 radical (unpaired) electrons. The van der Waals surface area contributed by atoms with Crippen LogP contribution >= 0.6 is 0 Å². The monoisotopic (exact) mass is 265 g/mol. The maximum atomic E-state index is 11.8. The summed E-state index contributed by atoms with van der Waals surface area (Å²) in [4.78, 5) is 24.4. The van der Waals surface area contributed by atoms with E-state index in [2.05, 4.69) is 0 Å². The van der Waals surface area contributed by atoms with Crippen LogP contribution in [0, 0.1) is 0 Å². The van der Waals surface area contributed by atoms with Gasteiger partial charge in [0.15, 0.2) is 0 Å². The van der Waals surface area contributed by atoms with E-state index in [0.717, 1.165) is 5.56 Å². The first kappa shape index (κ1) is 15.2. The van der Waals surface area contributed by atoms with Gasteiger partial charge in [0.1, 0.15) is 6.04 Å². The molecule has 0 spiro atoms. The number of rotatable bonds is 7. The SMILES string of the molecule is COCCC(=O)N(C)C(Cc1ccccc1)C(=O)O. The smallest absolute Gasteiger partial charge is 0.326 e. The molecule has 0 aromatic heterocycles. The Morgan fingerprint density at radius 1 is 1.32 bits per heavy atom. The summed E-state index contributed by atoms with van der Waals surface area (Å²) in [6.07, 6.45) is 0.483. The number of carbonyl (C=O) groups excluding carboxylic acids is 1. The number of carboxylic acids is 1. The van der Waals surface area contributed by atoms with Crippen molar-refractivity contribution in [3.05, 3.63) is 35.9 Å². The first-order valence-corrected chi connectivity index (χ1v) is 6.07. The average molecular weight is 265 g/mol. The van der Waals surface area contributed by atoms with Gasteiger partial charge >= 0.3 is 5.97 Å². The second-order valence-corrected chi connectivity index (χ2v) is 4.29. The summed E-state index contributed by atoms with van der Waals surface area (Å²) in [6.45, 7) is 0.293. The minimum absolute atomic E-state index is 0.186. The minimum atomic E-state index is -1.00. The molecule has 1 unspecified atom stereocenters. The van der Waals surface area contributed by atoms with E-state index in [9.17, 15) is 14.7 Å². The fraction of sp³-hybridized carbons (Fsp3) is 0.429. The maximum Gasteiger partial charge on any atom is 0.326 e. The molecular weight excluding hydrogens is 246 g/mol. The summed E-state index contributed by atoms with van der Waals surface area (Å²) in [5.74, 6) is -1.23. The summed E-state index contributed by atoms with van der Waals surface area (Å²) >= 11 is 0. The van der Waals surface area contributed by atoms with E-state index in [4.69, 9.17) is 4.74 Å². The van der Waals surface area contributed by atoms with Crippen LogP contribution in [0.15, 0.2) is 30.3 Å². The number of hydrogen-bond donors (Lipinski definition) is 1. The van der Waals surface area contributed by atoms with Gasteiger partial charge in [0.2, 0.25) is 5.91 Å². The summed E-state index contributed by atoms with van der Waals surface area (Å²) in [6, 6.07) is 8.41. The lowest BCUT2D eigenvalue weighted by atomic mass is 10.0. The Labute approximate surface area is 112 Å². The van der Waals surface area contributed by atoms with Crippen LogP contribution in [0.1, 0.15) is 12.0 Å². The van der Waals surface area contributed by atoms with Crippen LogP contribution in [-0.4, -0.2) is 48.7 Å². The van der Waals surface area contributed by atoms with Gasteiger partial charge in [-0.3, -0.25) is 4.79 Å². The predicted molar refractivity (Wildman–Crippen MR) is 70.8 cm³/mol. The van der Waals surface area contributed by atoms with Gasteiger partial charge in [-0.2, -0.15) is 0 Å². The molecule has 1 aromatic carbocycles. The molecule has 0 aliphatic rings. The molecule has 1 rings (SSSR count). The highest BCUT2D eigenvalue weighted by atomic mass is 16.5. The zero-order chi connectivity index (χ0) is 14.3.